The first kappa shape index (κ1) is 6.38. The maximum atomic E-state index is 10.6. The third-order valence-electron chi connectivity index (χ3n) is 2.11. The summed E-state index contributed by atoms with van der Waals surface area (Å²) >= 11 is 0. The zero-order chi connectivity index (χ0) is 9.26. The summed E-state index contributed by atoms with van der Waals surface area (Å²) in [5.41, 5.74) is 2.10. The third kappa shape index (κ3) is 1.25. The highest BCUT2D eigenvalue weighted by atomic mass is 16.1. The van der Waals surface area contributed by atoms with E-state index in [1.54, 1.807) is 0 Å². The van der Waals surface area contributed by atoms with Crippen molar-refractivity contribution in [1.82, 2.24) is 5.32 Å². The Labute approximate surface area is 73.0 Å². The first-order chi connectivity index (χ1) is 6.31. The van der Waals surface area contributed by atoms with E-state index < -0.39 is 6.52 Å². The van der Waals surface area contributed by atoms with Crippen molar-refractivity contribution in [1.29, 1.82) is 0 Å². The highest BCUT2D eigenvalue weighted by Gasteiger charge is 2.15. The standard InChI is InChI=1S/C10H11NO/c12-7-10-5-8-3-1-2-4-9(8)6-11-10/h1-4,7,10-11H,5-6H2/t10-/m0/s1/i6T/t6?,10-. The second-order valence-electron chi connectivity index (χ2n) is 2.96. The molecule has 2 nitrogen and oxygen atoms in total. The molecule has 0 amide bonds. The number of carbonyl (C=O) groups is 1. The van der Waals surface area contributed by atoms with E-state index >= 15 is 0 Å². The Hall–Kier alpha value is -1.15. The highest BCUT2D eigenvalue weighted by molar-refractivity contribution is 5.59. The predicted octanol–water partition coefficient (Wildman–Crippen LogP) is 0.900. The molecule has 0 saturated heterocycles. The van der Waals surface area contributed by atoms with Gasteiger partial charge in [0.15, 0.2) is 0 Å². The van der Waals surface area contributed by atoms with Gasteiger partial charge in [-0.05, 0) is 17.5 Å². The fourth-order valence-corrected chi connectivity index (χ4v) is 1.44. The molecule has 1 heterocycles. The van der Waals surface area contributed by atoms with Crippen molar-refractivity contribution in [3.8, 4) is 0 Å². The summed E-state index contributed by atoms with van der Waals surface area (Å²) in [4.78, 5) is 10.6. The molecule has 1 N–H and O–H groups in total. The molecule has 62 valence electrons. The smallest absolute Gasteiger partial charge is 0.137 e. The van der Waals surface area contributed by atoms with Gasteiger partial charge in [0.1, 0.15) is 6.29 Å². The molecule has 12 heavy (non-hydrogen) atoms. The molecule has 0 fully saturated rings. The fraction of sp³-hybridized carbons (Fsp3) is 0.300. The van der Waals surface area contributed by atoms with Gasteiger partial charge in [-0.25, -0.2) is 0 Å². The van der Waals surface area contributed by atoms with E-state index in [2.05, 4.69) is 5.32 Å². The van der Waals surface area contributed by atoms with Crippen LogP contribution in [0, 0.1) is 0 Å². The van der Waals surface area contributed by atoms with Crippen molar-refractivity contribution < 1.29 is 6.17 Å². The molecule has 2 heteroatoms. The molecule has 0 bridgehead atoms. The van der Waals surface area contributed by atoms with Crippen LogP contribution < -0.4 is 5.32 Å². The molecule has 2 atom stereocenters. The summed E-state index contributed by atoms with van der Waals surface area (Å²) in [6, 6.07) is 7.58. The second kappa shape index (κ2) is 3.07. The molecule has 0 radical (unpaired) electrons. The molecule has 1 aliphatic rings. The first-order valence-electron chi connectivity index (χ1n) is 4.60. The molecule has 2 rings (SSSR count). The molecule has 1 aliphatic heterocycles. The van der Waals surface area contributed by atoms with E-state index in [0.717, 1.165) is 17.4 Å². The third-order valence-corrected chi connectivity index (χ3v) is 2.11. The van der Waals surface area contributed by atoms with Crippen LogP contribution in [0.2, 0.25) is 0 Å². The Morgan fingerprint density at radius 2 is 2.25 bits per heavy atom. The number of aldehydes is 1. The van der Waals surface area contributed by atoms with Crippen LogP contribution in [0.1, 0.15) is 12.5 Å². The minimum atomic E-state index is -0.458. The molecule has 0 spiro atoms. The van der Waals surface area contributed by atoms with E-state index in [9.17, 15) is 4.79 Å². The quantitative estimate of drug-likeness (QED) is 0.623. The average molecular weight is 163 g/mol. The lowest BCUT2D eigenvalue weighted by atomic mass is 9.97. The van der Waals surface area contributed by atoms with E-state index in [-0.39, 0.29) is 6.04 Å². The van der Waals surface area contributed by atoms with Crippen LogP contribution in [0.4, 0.5) is 0 Å². The van der Waals surface area contributed by atoms with Crippen LogP contribution in [-0.4, -0.2) is 12.3 Å². The number of fused-ring (bicyclic) bond motifs is 1. The molecular formula is C10H11NO. The maximum Gasteiger partial charge on any atom is 0.137 e. The lowest BCUT2D eigenvalue weighted by molar-refractivity contribution is -0.109. The van der Waals surface area contributed by atoms with Gasteiger partial charge in [0.05, 0.1) is 6.04 Å². The van der Waals surface area contributed by atoms with E-state index in [1.807, 2.05) is 24.3 Å². The van der Waals surface area contributed by atoms with Gasteiger partial charge in [0, 0.05) is 7.89 Å². The van der Waals surface area contributed by atoms with Crippen LogP contribution in [-0.2, 0) is 17.7 Å². The zero-order valence-electron chi connectivity index (χ0n) is 7.66. The first-order valence-corrected chi connectivity index (χ1v) is 4.02. The van der Waals surface area contributed by atoms with Crippen molar-refractivity contribution in [2.24, 2.45) is 0 Å². The summed E-state index contributed by atoms with van der Waals surface area (Å²) in [6.07, 6.45) is 1.58. The van der Waals surface area contributed by atoms with Gasteiger partial charge in [-0.15, -0.1) is 0 Å². The molecular weight excluding hydrogens is 150 g/mol. The fourth-order valence-electron chi connectivity index (χ4n) is 1.44. The molecule has 1 aromatic rings. The minimum absolute atomic E-state index is 0.197. The number of hydrogen-bond acceptors (Lipinski definition) is 2. The van der Waals surface area contributed by atoms with Crippen molar-refractivity contribution in [3.05, 3.63) is 35.4 Å². The number of rotatable bonds is 1. The molecule has 1 unspecified atom stereocenters. The second-order valence-corrected chi connectivity index (χ2v) is 2.96. The summed E-state index contributed by atoms with van der Waals surface area (Å²) in [6.45, 7) is -0.458. The summed E-state index contributed by atoms with van der Waals surface area (Å²) < 4.78 is 7.72. The highest BCUT2D eigenvalue weighted by Crippen LogP contribution is 2.14. The average Bonchev–Trinajstić information content (AvgIpc) is 2.18. The topological polar surface area (TPSA) is 29.1 Å². The van der Waals surface area contributed by atoms with Crippen molar-refractivity contribution in [2.75, 3.05) is 0 Å². The van der Waals surface area contributed by atoms with Crippen molar-refractivity contribution in [3.63, 3.8) is 0 Å². The van der Waals surface area contributed by atoms with Crippen LogP contribution in [0.3, 0.4) is 0 Å². The monoisotopic (exact) mass is 163 g/mol. The maximum absolute atomic E-state index is 10.6. The number of hydrogen-bond donors (Lipinski definition) is 1. The lowest BCUT2D eigenvalue weighted by Gasteiger charge is -2.21. The Morgan fingerprint density at radius 1 is 1.50 bits per heavy atom. The zero-order valence-corrected chi connectivity index (χ0v) is 6.66. The predicted molar refractivity (Wildman–Crippen MR) is 46.8 cm³/mol. The Balaban J connectivity index is 2.36. The van der Waals surface area contributed by atoms with E-state index in [0.29, 0.717) is 6.42 Å². The molecule has 0 aromatic heterocycles. The van der Waals surface area contributed by atoms with Crippen LogP contribution >= 0.6 is 0 Å². The normalized spacial score (nSPS) is 28.8. The number of benzene rings is 1. The molecule has 0 saturated carbocycles. The Bertz CT molecular complexity index is 326. The van der Waals surface area contributed by atoms with Gasteiger partial charge in [-0.3, -0.25) is 0 Å². The van der Waals surface area contributed by atoms with Gasteiger partial charge in [-0.2, -0.15) is 0 Å². The van der Waals surface area contributed by atoms with Gasteiger partial charge >= 0.3 is 0 Å². The van der Waals surface area contributed by atoms with E-state index in [4.69, 9.17) is 1.37 Å². The molecule has 1 aromatic carbocycles. The summed E-state index contributed by atoms with van der Waals surface area (Å²) in [5.74, 6) is 0. The SMILES string of the molecule is [3H]C1N[C@H](C=O)Cc2ccccc21. The minimum Gasteiger partial charge on any atom is -0.303 e. The summed E-state index contributed by atoms with van der Waals surface area (Å²) in [7, 11) is 0. The van der Waals surface area contributed by atoms with Crippen molar-refractivity contribution in [2.45, 2.75) is 19.0 Å². The largest absolute Gasteiger partial charge is 0.303 e. The van der Waals surface area contributed by atoms with Crippen molar-refractivity contribution >= 4 is 6.29 Å². The van der Waals surface area contributed by atoms with Crippen LogP contribution in [0.5, 0.6) is 0 Å². The van der Waals surface area contributed by atoms with Gasteiger partial charge < -0.3 is 10.1 Å². The lowest BCUT2D eigenvalue weighted by Crippen LogP contribution is -2.36. The van der Waals surface area contributed by atoms with Crippen LogP contribution in [0.25, 0.3) is 0 Å². The van der Waals surface area contributed by atoms with Gasteiger partial charge in [0.25, 0.3) is 0 Å². The Morgan fingerprint density at radius 3 is 3.00 bits per heavy atom. The van der Waals surface area contributed by atoms with Gasteiger partial charge in [-0.1, -0.05) is 24.3 Å². The van der Waals surface area contributed by atoms with Gasteiger partial charge in [0.2, 0.25) is 0 Å². The summed E-state index contributed by atoms with van der Waals surface area (Å²) in [5, 5.41) is 2.92. The van der Waals surface area contributed by atoms with E-state index in [1.165, 1.54) is 0 Å². The molecule has 0 aliphatic carbocycles. The number of nitrogens with one attached hydrogen (secondary N) is 1. The Kier molecular flexibility index (Phi) is 1.63. The van der Waals surface area contributed by atoms with Crippen LogP contribution in [0.15, 0.2) is 24.3 Å². The number of carbonyl (C=O) groups excluding carboxylic acids is 1.